The summed E-state index contributed by atoms with van der Waals surface area (Å²) in [6.45, 7) is 9.14. The highest BCUT2D eigenvalue weighted by Gasteiger charge is 2.17. The molecule has 3 nitrogen and oxygen atoms in total. The maximum atomic E-state index is 11.6. The molecule has 90 valence electrons. The minimum absolute atomic E-state index is 0.0853. The van der Waals surface area contributed by atoms with Crippen LogP contribution in [0.3, 0.4) is 0 Å². The number of hydrogen-bond donors (Lipinski definition) is 0. The van der Waals surface area contributed by atoms with E-state index in [9.17, 15) is 4.79 Å². The highest BCUT2D eigenvalue weighted by Crippen LogP contribution is 2.03. The van der Waals surface area contributed by atoms with E-state index in [0.717, 1.165) is 26.1 Å². The maximum absolute atomic E-state index is 11.6. The van der Waals surface area contributed by atoms with Gasteiger partial charge < -0.3 is 4.90 Å². The molecule has 1 unspecified atom stereocenters. The van der Waals surface area contributed by atoms with Crippen LogP contribution in [0.1, 0.15) is 33.6 Å². The van der Waals surface area contributed by atoms with Crippen molar-refractivity contribution in [3.63, 3.8) is 0 Å². The zero-order chi connectivity index (χ0) is 11.8. The van der Waals surface area contributed by atoms with Gasteiger partial charge in [0.15, 0.2) is 0 Å². The number of carbonyl (C=O) groups is 1. The number of nitrogens with zero attached hydrogens (tertiary/aromatic N) is 2. The van der Waals surface area contributed by atoms with E-state index in [4.69, 9.17) is 0 Å². The minimum Gasteiger partial charge on any atom is -0.309 e. The highest BCUT2D eigenvalue weighted by molar-refractivity contribution is 5.83. The summed E-state index contributed by atoms with van der Waals surface area (Å²) in [6, 6.07) is 0.0853. The first-order valence-corrected chi connectivity index (χ1v) is 5.94. The summed E-state index contributed by atoms with van der Waals surface area (Å²) >= 11 is 0. The third kappa shape index (κ3) is 5.90. The van der Waals surface area contributed by atoms with Crippen LogP contribution in [0, 0.1) is 0 Å². The Bertz CT molecular complexity index is 180. The van der Waals surface area contributed by atoms with Gasteiger partial charge in [0, 0.05) is 13.0 Å². The van der Waals surface area contributed by atoms with Gasteiger partial charge in [0.1, 0.15) is 5.78 Å². The average Bonchev–Trinajstić information content (AvgIpc) is 2.22. The van der Waals surface area contributed by atoms with Crippen molar-refractivity contribution in [3.8, 4) is 0 Å². The van der Waals surface area contributed by atoms with Crippen molar-refractivity contribution in [3.05, 3.63) is 0 Å². The number of likely N-dealkylation sites (N-methyl/N-ethyl adjacent to an activating group) is 1. The van der Waals surface area contributed by atoms with Gasteiger partial charge >= 0.3 is 0 Å². The van der Waals surface area contributed by atoms with Crippen molar-refractivity contribution >= 4 is 5.78 Å². The van der Waals surface area contributed by atoms with Crippen molar-refractivity contribution in [2.24, 2.45) is 0 Å². The zero-order valence-electron chi connectivity index (χ0n) is 10.9. The molecule has 0 aromatic heterocycles. The van der Waals surface area contributed by atoms with Gasteiger partial charge in [0.2, 0.25) is 0 Å². The molecule has 3 heteroatoms. The summed E-state index contributed by atoms with van der Waals surface area (Å²) in [6.07, 6.45) is 1.77. The Kier molecular flexibility index (Phi) is 7.61. The Hall–Kier alpha value is -0.410. The lowest BCUT2D eigenvalue weighted by molar-refractivity contribution is -0.123. The number of rotatable bonds is 8. The van der Waals surface area contributed by atoms with Crippen molar-refractivity contribution in [1.82, 2.24) is 9.80 Å². The predicted octanol–water partition coefficient (Wildman–Crippen LogP) is 1.63. The first-order chi connectivity index (χ1) is 7.02. The van der Waals surface area contributed by atoms with Gasteiger partial charge in [-0.3, -0.25) is 9.69 Å². The Labute approximate surface area is 94.4 Å². The van der Waals surface area contributed by atoms with Crippen LogP contribution in [-0.2, 0) is 4.79 Å². The molecule has 0 aliphatic carbocycles. The molecule has 0 aliphatic rings. The van der Waals surface area contributed by atoms with Crippen LogP contribution < -0.4 is 0 Å². The van der Waals surface area contributed by atoms with E-state index >= 15 is 0 Å². The highest BCUT2D eigenvalue weighted by atomic mass is 16.1. The summed E-state index contributed by atoms with van der Waals surface area (Å²) < 4.78 is 0. The van der Waals surface area contributed by atoms with Crippen LogP contribution in [0.5, 0.6) is 0 Å². The Morgan fingerprint density at radius 1 is 1.20 bits per heavy atom. The van der Waals surface area contributed by atoms with Crippen molar-refractivity contribution in [2.45, 2.75) is 39.7 Å². The quantitative estimate of drug-likeness (QED) is 0.613. The molecule has 15 heavy (non-hydrogen) atoms. The summed E-state index contributed by atoms with van der Waals surface area (Å²) in [5, 5.41) is 0. The van der Waals surface area contributed by atoms with Crippen LogP contribution in [0.4, 0.5) is 0 Å². The standard InChI is InChI=1S/C12H26N2O/c1-6-12(15)11(3)14(7-2)10-8-9-13(4)5/h11H,6-10H2,1-5H3. The van der Waals surface area contributed by atoms with Gasteiger partial charge in [-0.2, -0.15) is 0 Å². The zero-order valence-corrected chi connectivity index (χ0v) is 10.9. The largest absolute Gasteiger partial charge is 0.309 e. The number of hydrogen-bond acceptors (Lipinski definition) is 3. The van der Waals surface area contributed by atoms with E-state index in [1.807, 2.05) is 13.8 Å². The Morgan fingerprint density at radius 3 is 2.20 bits per heavy atom. The van der Waals surface area contributed by atoms with Gasteiger partial charge in [-0.25, -0.2) is 0 Å². The Morgan fingerprint density at radius 2 is 1.80 bits per heavy atom. The molecule has 0 bridgehead atoms. The second kappa shape index (κ2) is 7.83. The summed E-state index contributed by atoms with van der Waals surface area (Å²) in [7, 11) is 4.16. The van der Waals surface area contributed by atoms with Gasteiger partial charge in [0.25, 0.3) is 0 Å². The van der Waals surface area contributed by atoms with E-state index in [0.29, 0.717) is 12.2 Å². The van der Waals surface area contributed by atoms with Crippen molar-refractivity contribution in [1.29, 1.82) is 0 Å². The van der Waals surface area contributed by atoms with Crippen LogP contribution in [-0.4, -0.2) is 55.4 Å². The topological polar surface area (TPSA) is 23.6 Å². The smallest absolute Gasteiger partial charge is 0.149 e. The minimum atomic E-state index is 0.0853. The lowest BCUT2D eigenvalue weighted by atomic mass is 10.1. The third-order valence-corrected chi connectivity index (χ3v) is 2.82. The SMILES string of the molecule is CCC(=O)C(C)N(CC)CCCN(C)C. The molecule has 0 aliphatic heterocycles. The summed E-state index contributed by atoms with van der Waals surface area (Å²) in [5.41, 5.74) is 0. The fourth-order valence-electron chi connectivity index (χ4n) is 1.71. The first-order valence-electron chi connectivity index (χ1n) is 5.94. The molecule has 0 heterocycles. The number of carbonyl (C=O) groups excluding carboxylic acids is 1. The maximum Gasteiger partial charge on any atom is 0.149 e. The van der Waals surface area contributed by atoms with E-state index in [2.05, 4.69) is 30.8 Å². The van der Waals surface area contributed by atoms with Gasteiger partial charge in [-0.05, 0) is 40.5 Å². The molecular weight excluding hydrogens is 188 g/mol. The molecule has 0 rings (SSSR count). The number of Topliss-reactive ketones (excluding diaryl/α,β-unsaturated/α-hetero) is 1. The predicted molar refractivity (Wildman–Crippen MR) is 65.2 cm³/mol. The number of ketones is 1. The second-order valence-corrected chi connectivity index (χ2v) is 4.28. The summed E-state index contributed by atoms with van der Waals surface area (Å²) in [5.74, 6) is 0.349. The van der Waals surface area contributed by atoms with E-state index in [-0.39, 0.29) is 6.04 Å². The van der Waals surface area contributed by atoms with E-state index < -0.39 is 0 Å². The lowest BCUT2D eigenvalue weighted by Crippen LogP contribution is -2.40. The molecule has 0 saturated carbocycles. The molecular formula is C12H26N2O. The molecule has 0 amide bonds. The molecule has 0 spiro atoms. The van der Waals surface area contributed by atoms with Gasteiger partial charge in [0.05, 0.1) is 6.04 Å². The van der Waals surface area contributed by atoms with E-state index in [1.54, 1.807) is 0 Å². The fraction of sp³-hybridized carbons (Fsp3) is 0.917. The average molecular weight is 214 g/mol. The fourth-order valence-corrected chi connectivity index (χ4v) is 1.71. The monoisotopic (exact) mass is 214 g/mol. The van der Waals surface area contributed by atoms with Crippen LogP contribution in [0.25, 0.3) is 0 Å². The van der Waals surface area contributed by atoms with Crippen LogP contribution >= 0.6 is 0 Å². The van der Waals surface area contributed by atoms with Crippen molar-refractivity contribution < 1.29 is 4.79 Å². The van der Waals surface area contributed by atoms with Crippen LogP contribution in [0.15, 0.2) is 0 Å². The van der Waals surface area contributed by atoms with Crippen LogP contribution in [0.2, 0.25) is 0 Å². The molecule has 0 fully saturated rings. The Balaban J connectivity index is 3.95. The molecule has 0 saturated heterocycles. The molecule has 0 aromatic carbocycles. The summed E-state index contributed by atoms with van der Waals surface area (Å²) in [4.78, 5) is 16.0. The first kappa shape index (κ1) is 14.6. The van der Waals surface area contributed by atoms with Gasteiger partial charge in [-0.1, -0.05) is 13.8 Å². The lowest BCUT2D eigenvalue weighted by Gasteiger charge is -2.27. The van der Waals surface area contributed by atoms with Crippen molar-refractivity contribution in [2.75, 3.05) is 33.7 Å². The van der Waals surface area contributed by atoms with E-state index in [1.165, 1.54) is 0 Å². The second-order valence-electron chi connectivity index (χ2n) is 4.28. The molecule has 0 radical (unpaired) electrons. The molecule has 1 atom stereocenters. The molecule has 0 aromatic rings. The normalized spacial score (nSPS) is 13.5. The third-order valence-electron chi connectivity index (χ3n) is 2.82. The molecule has 0 N–H and O–H groups in total. The van der Waals surface area contributed by atoms with Gasteiger partial charge in [-0.15, -0.1) is 0 Å².